The SMILES string of the molecule is Cc1ccccc1OCC(=O)NN=Cc1cn(Cc2ccccc2)c2ccccc12. The third kappa shape index (κ3) is 4.58. The van der Waals surface area contributed by atoms with Crippen LogP contribution in [0.5, 0.6) is 5.75 Å². The van der Waals surface area contributed by atoms with Crippen LogP contribution in [0, 0.1) is 6.92 Å². The maximum absolute atomic E-state index is 12.1. The van der Waals surface area contributed by atoms with Crippen LogP contribution in [-0.2, 0) is 11.3 Å². The molecular formula is C25H23N3O2. The molecule has 0 atom stereocenters. The number of aryl methyl sites for hydroxylation is 1. The smallest absolute Gasteiger partial charge is 0.277 e. The van der Waals surface area contributed by atoms with Crippen molar-refractivity contribution in [2.24, 2.45) is 5.10 Å². The molecule has 0 radical (unpaired) electrons. The first kappa shape index (κ1) is 19.5. The second-order valence-electron chi connectivity index (χ2n) is 7.06. The van der Waals surface area contributed by atoms with Gasteiger partial charge in [0, 0.05) is 29.2 Å². The molecule has 4 aromatic rings. The molecule has 0 aliphatic heterocycles. The number of hydrogen-bond donors (Lipinski definition) is 1. The lowest BCUT2D eigenvalue weighted by molar-refractivity contribution is -0.123. The highest BCUT2D eigenvalue weighted by Crippen LogP contribution is 2.21. The van der Waals surface area contributed by atoms with Crippen molar-refractivity contribution in [3.05, 3.63) is 102 Å². The first-order chi connectivity index (χ1) is 14.7. The highest BCUT2D eigenvalue weighted by molar-refractivity contribution is 5.99. The Balaban J connectivity index is 1.44. The molecule has 3 aromatic carbocycles. The van der Waals surface area contributed by atoms with Crippen molar-refractivity contribution in [2.45, 2.75) is 13.5 Å². The van der Waals surface area contributed by atoms with Gasteiger partial charge in [-0.2, -0.15) is 5.10 Å². The third-order valence-electron chi connectivity index (χ3n) is 4.86. The van der Waals surface area contributed by atoms with Crippen molar-refractivity contribution in [1.29, 1.82) is 0 Å². The van der Waals surface area contributed by atoms with E-state index in [4.69, 9.17) is 4.74 Å². The van der Waals surface area contributed by atoms with Crippen molar-refractivity contribution in [3.8, 4) is 5.75 Å². The van der Waals surface area contributed by atoms with E-state index < -0.39 is 0 Å². The van der Waals surface area contributed by atoms with E-state index in [1.54, 1.807) is 6.21 Å². The van der Waals surface area contributed by atoms with Gasteiger partial charge < -0.3 is 9.30 Å². The summed E-state index contributed by atoms with van der Waals surface area (Å²) in [5.41, 5.74) is 6.82. The number of benzene rings is 3. The Morgan fingerprint density at radius 3 is 2.57 bits per heavy atom. The normalized spacial score (nSPS) is 11.1. The van der Waals surface area contributed by atoms with Crippen LogP contribution in [0.1, 0.15) is 16.7 Å². The molecule has 150 valence electrons. The van der Waals surface area contributed by atoms with Gasteiger partial charge in [-0.1, -0.05) is 66.7 Å². The highest BCUT2D eigenvalue weighted by Gasteiger charge is 2.08. The standard InChI is InChI=1S/C25H23N3O2/c1-19-9-5-8-14-24(19)30-18-25(29)27-26-15-21-17-28(16-20-10-3-2-4-11-20)23-13-7-6-12-22(21)23/h2-15,17H,16,18H2,1H3,(H,27,29). The Labute approximate surface area is 175 Å². The minimum absolute atomic E-state index is 0.0854. The second-order valence-corrected chi connectivity index (χ2v) is 7.06. The third-order valence-corrected chi connectivity index (χ3v) is 4.86. The minimum atomic E-state index is -0.303. The first-order valence-corrected chi connectivity index (χ1v) is 9.83. The summed E-state index contributed by atoms with van der Waals surface area (Å²) in [6.45, 7) is 2.63. The van der Waals surface area contributed by atoms with Gasteiger partial charge in [-0.15, -0.1) is 0 Å². The number of nitrogens with one attached hydrogen (secondary N) is 1. The molecular weight excluding hydrogens is 374 g/mol. The molecule has 1 aromatic heterocycles. The van der Waals surface area contributed by atoms with E-state index in [9.17, 15) is 4.79 Å². The Bertz CT molecular complexity index is 1180. The van der Waals surface area contributed by atoms with E-state index in [0.717, 1.165) is 28.6 Å². The zero-order valence-corrected chi connectivity index (χ0v) is 16.8. The van der Waals surface area contributed by atoms with Gasteiger partial charge in [-0.05, 0) is 30.2 Å². The van der Waals surface area contributed by atoms with Crippen LogP contribution in [0.3, 0.4) is 0 Å². The summed E-state index contributed by atoms with van der Waals surface area (Å²) in [5, 5.41) is 5.21. The van der Waals surface area contributed by atoms with E-state index in [1.807, 2.05) is 61.5 Å². The number of para-hydroxylation sites is 2. The molecule has 30 heavy (non-hydrogen) atoms. The summed E-state index contributed by atoms with van der Waals surface area (Å²) in [4.78, 5) is 12.1. The van der Waals surface area contributed by atoms with Crippen molar-refractivity contribution in [3.63, 3.8) is 0 Å². The average Bonchev–Trinajstić information content (AvgIpc) is 3.11. The second kappa shape index (κ2) is 9.09. The lowest BCUT2D eigenvalue weighted by Gasteiger charge is -2.07. The van der Waals surface area contributed by atoms with Crippen LogP contribution in [0.15, 0.2) is 90.2 Å². The lowest BCUT2D eigenvalue weighted by atomic mass is 10.2. The van der Waals surface area contributed by atoms with E-state index in [1.165, 1.54) is 5.56 Å². The van der Waals surface area contributed by atoms with Crippen LogP contribution in [-0.4, -0.2) is 23.3 Å². The number of rotatable bonds is 7. The lowest BCUT2D eigenvalue weighted by Crippen LogP contribution is -2.24. The summed E-state index contributed by atoms with van der Waals surface area (Å²) in [5.74, 6) is 0.392. The molecule has 0 saturated heterocycles. The molecule has 0 bridgehead atoms. The van der Waals surface area contributed by atoms with Gasteiger partial charge in [0.1, 0.15) is 5.75 Å². The van der Waals surface area contributed by atoms with Crippen LogP contribution < -0.4 is 10.2 Å². The van der Waals surface area contributed by atoms with E-state index in [2.05, 4.69) is 45.6 Å². The summed E-state index contributed by atoms with van der Waals surface area (Å²) in [6.07, 6.45) is 3.73. The summed E-state index contributed by atoms with van der Waals surface area (Å²) in [7, 11) is 0. The van der Waals surface area contributed by atoms with Crippen LogP contribution >= 0.6 is 0 Å². The monoisotopic (exact) mass is 397 g/mol. The fraction of sp³-hybridized carbons (Fsp3) is 0.120. The summed E-state index contributed by atoms with van der Waals surface area (Å²) >= 11 is 0. The van der Waals surface area contributed by atoms with Gasteiger partial charge in [-0.25, -0.2) is 5.43 Å². The first-order valence-electron chi connectivity index (χ1n) is 9.83. The number of carbonyl (C=O) groups excluding carboxylic acids is 1. The predicted octanol–water partition coefficient (Wildman–Crippen LogP) is 4.53. The maximum Gasteiger partial charge on any atom is 0.277 e. The average molecular weight is 397 g/mol. The molecule has 5 nitrogen and oxygen atoms in total. The highest BCUT2D eigenvalue weighted by atomic mass is 16.5. The van der Waals surface area contributed by atoms with Crippen LogP contribution in [0.25, 0.3) is 10.9 Å². The number of hydrogen-bond acceptors (Lipinski definition) is 3. The number of amides is 1. The Hall–Kier alpha value is -3.86. The van der Waals surface area contributed by atoms with Gasteiger partial charge in [0.2, 0.25) is 0 Å². The number of fused-ring (bicyclic) bond motifs is 1. The number of hydrazone groups is 1. The molecule has 0 saturated carbocycles. The van der Waals surface area contributed by atoms with Crippen LogP contribution in [0.4, 0.5) is 0 Å². The van der Waals surface area contributed by atoms with Crippen molar-refractivity contribution in [1.82, 2.24) is 9.99 Å². The molecule has 0 fully saturated rings. The maximum atomic E-state index is 12.1. The molecule has 0 unspecified atom stereocenters. The molecule has 1 amide bonds. The summed E-state index contributed by atoms with van der Waals surface area (Å²) in [6, 6.07) is 26.1. The molecule has 4 rings (SSSR count). The molecule has 1 heterocycles. The van der Waals surface area contributed by atoms with Gasteiger partial charge in [-0.3, -0.25) is 4.79 Å². The molecule has 0 aliphatic carbocycles. The van der Waals surface area contributed by atoms with Gasteiger partial charge in [0.25, 0.3) is 5.91 Å². The number of nitrogens with zero attached hydrogens (tertiary/aromatic N) is 2. The van der Waals surface area contributed by atoms with E-state index in [0.29, 0.717) is 5.75 Å². The molecule has 5 heteroatoms. The quantitative estimate of drug-likeness (QED) is 0.368. The zero-order valence-electron chi connectivity index (χ0n) is 16.8. The van der Waals surface area contributed by atoms with Crippen LogP contribution in [0.2, 0.25) is 0 Å². The van der Waals surface area contributed by atoms with E-state index >= 15 is 0 Å². The fourth-order valence-electron chi connectivity index (χ4n) is 3.36. The molecule has 0 aliphatic rings. The van der Waals surface area contributed by atoms with Crippen molar-refractivity contribution < 1.29 is 9.53 Å². The molecule has 0 spiro atoms. The number of carbonyl (C=O) groups is 1. The van der Waals surface area contributed by atoms with E-state index in [-0.39, 0.29) is 12.5 Å². The largest absolute Gasteiger partial charge is 0.483 e. The van der Waals surface area contributed by atoms with Gasteiger partial charge in [0.15, 0.2) is 6.61 Å². The van der Waals surface area contributed by atoms with Gasteiger partial charge >= 0.3 is 0 Å². The summed E-state index contributed by atoms with van der Waals surface area (Å²) < 4.78 is 7.74. The predicted molar refractivity (Wildman–Crippen MR) is 120 cm³/mol. The topological polar surface area (TPSA) is 55.6 Å². The minimum Gasteiger partial charge on any atom is -0.483 e. The Morgan fingerprint density at radius 2 is 1.73 bits per heavy atom. The number of ether oxygens (including phenoxy) is 1. The number of aromatic nitrogens is 1. The Kier molecular flexibility index (Phi) is 5.90. The fourth-order valence-corrected chi connectivity index (χ4v) is 3.36. The molecule has 1 N–H and O–H groups in total. The van der Waals surface area contributed by atoms with Crippen molar-refractivity contribution in [2.75, 3.05) is 6.61 Å². The van der Waals surface area contributed by atoms with Gasteiger partial charge in [0.05, 0.1) is 6.21 Å². The zero-order chi connectivity index (χ0) is 20.8. The van der Waals surface area contributed by atoms with Crippen molar-refractivity contribution >= 4 is 23.0 Å². The Morgan fingerprint density at radius 1 is 1.00 bits per heavy atom.